The van der Waals surface area contributed by atoms with Crippen molar-refractivity contribution in [2.45, 2.75) is 45.7 Å². The molecule has 3 nitrogen and oxygen atoms in total. The van der Waals surface area contributed by atoms with Gasteiger partial charge in [-0.3, -0.25) is 0 Å². The van der Waals surface area contributed by atoms with Crippen molar-refractivity contribution < 1.29 is 0 Å². The van der Waals surface area contributed by atoms with E-state index in [-0.39, 0.29) is 5.41 Å². The van der Waals surface area contributed by atoms with Gasteiger partial charge in [0, 0.05) is 31.2 Å². The minimum atomic E-state index is 0.136. The molecule has 2 aromatic rings. The largest absolute Gasteiger partial charge is 0.333 e. The highest BCUT2D eigenvalue weighted by Crippen LogP contribution is 2.21. The van der Waals surface area contributed by atoms with Crippen molar-refractivity contribution in [2.24, 2.45) is 0 Å². The van der Waals surface area contributed by atoms with Crippen molar-refractivity contribution in [1.82, 2.24) is 14.9 Å². The molecule has 1 aromatic heterocycles. The molecule has 1 heterocycles. The second-order valence-corrected chi connectivity index (χ2v) is 5.93. The molecule has 0 aliphatic heterocycles. The van der Waals surface area contributed by atoms with E-state index in [2.05, 4.69) is 66.0 Å². The highest BCUT2D eigenvalue weighted by atomic mass is 15.1. The average Bonchev–Trinajstić information content (AvgIpc) is 2.88. The lowest BCUT2D eigenvalue weighted by Crippen LogP contribution is -2.33. The SMILES string of the molecule is CCCn1cncc1CNCC(C)(C)c1ccccc1. The van der Waals surface area contributed by atoms with Crippen molar-refractivity contribution in [1.29, 1.82) is 0 Å². The number of aryl methyl sites for hydroxylation is 1. The third kappa shape index (κ3) is 3.70. The quantitative estimate of drug-likeness (QED) is 0.837. The highest BCUT2D eigenvalue weighted by molar-refractivity contribution is 5.23. The van der Waals surface area contributed by atoms with E-state index >= 15 is 0 Å². The highest BCUT2D eigenvalue weighted by Gasteiger charge is 2.19. The molecule has 2 rings (SSSR count). The molecule has 0 saturated carbocycles. The zero-order valence-electron chi connectivity index (χ0n) is 12.8. The van der Waals surface area contributed by atoms with E-state index in [0.29, 0.717) is 0 Å². The third-order valence-corrected chi connectivity index (χ3v) is 3.69. The third-order valence-electron chi connectivity index (χ3n) is 3.69. The van der Waals surface area contributed by atoms with Crippen LogP contribution in [0.3, 0.4) is 0 Å². The van der Waals surface area contributed by atoms with Gasteiger partial charge in [0.15, 0.2) is 0 Å². The van der Waals surface area contributed by atoms with Gasteiger partial charge in [-0.15, -0.1) is 0 Å². The van der Waals surface area contributed by atoms with Crippen LogP contribution in [-0.2, 0) is 18.5 Å². The normalized spacial score (nSPS) is 11.8. The van der Waals surface area contributed by atoms with Crippen LogP contribution >= 0.6 is 0 Å². The maximum atomic E-state index is 4.24. The standard InChI is InChI=1S/C17H25N3/c1-4-10-20-14-19-12-16(20)11-18-13-17(2,3)15-8-6-5-7-9-15/h5-9,12,14,18H,4,10-11,13H2,1-3H3. The first kappa shape index (κ1) is 14.8. The Morgan fingerprint density at radius 1 is 1.20 bits per heavy atom. The summed E-state index contributed by atoms with van der Waals surface area (Å²) in [5.41, 5.74) is 2.77. The van der Waals surface area contributed by atoms with E-state index in [1.165, 1.54) is 11.3 Å². The van der Waals surface area contributed by atoms with Crippen LogP contribution in [0.15, 0.2) is 42.9 Å². The zero-order chi connectivity index (χ0) is 14.4. The number of hydrogen-bond acceptors (Lipinski definition) is 2. The topological polar surface area (TPSA) is 29.9 Å². The Kier molecular flexibility index (Phi) is 4.96. The summed E-state index contributed by atoms with van der Waals surface area (Å²) in [5.74, 6) is 0. The lowest BCUT2D eigenvalue weighted by atomic mass is 9.84. The molecule has 3 heteroatoms. The van der Waals surface area contributed by atoms with Gasteiger partial charge in [0.25, 0.3) is 0 Å². The maximum absolute atomic E-state index is 4.24. The van der Waals surface area contributed by atoms with Crippen molar-refractivity contribution in [3.63, 3.8) is 0 Å². The summed E-state index contributed by atoms with van der Waals surface area (Å²) in [7, 11) is 0. The molecular formula is C17H25N3. The van der Waals surface area contributed by atoms with E-state index in [1.54, 1.807) is 0 Å². The van der Waals surface area contributed by atoms with Crippen LogP contribution < -0.4 is 5.32 Å². The Bertz CT molecular complexity index is 514. The molecule has 0 spiro atoms. The van der Waals surface area contributed by atoms with Crippen molar-refractivity contribution >= 4 is 0 Å². The zero-order valence-corrected chi connectivity index (χ0v) is 12.8. The summed E-state index contributed by atoms with van der Waals surface area (Å²) in [6, 6.07) is 10.7. The molecule has 0 saturated heterocycles. The van der Waals surface area contributed by atoms with Crippen LogP contribution in [0.1, 0.15) is 38.4 Å². The summed E-state index contributed by atoms with van der Waals surface area (Å²) in [6.45, 7) is 9.61. The van der Waals surface area contributed by atoms with E-state index in [0.717, 1.165) is 26.1 Å². The number of hydrogen-bond donors (Lipinski definition) is 1. The Balaban J connectivity index is 1.90. The van der Waals surface area contributed by atoms with Crippen LogP contribution in [0.2, 0.25) is 0 Å². The van der Waals surface area contributed by atoms with Crippen LogP contribution in [0.4, 0.5) is 0 Å². The summed E-state index contributed by atoms with van der Waals surface area (Å²) >= 11 is 0. The molecule has 0 unspecified atom stereocenters. The number of imidazole rings is 1. The molecule has 0 aliphatic rings. The molecule has 0 amide bonds. The van der Waals surface area contributed by atoms with Crippen LogP contribution in [0.25, 0.3) is 0 Å². The van der Waals surface area contributed by atoms with Crippen LogP contribution in [-0.4, -0.2) is 16.1 Å². The Hall–Kier alpha value is -1.61. The summed E-state index contributed by atoms with van der Waals surface area (Å²) in [5, 5.41) is 3.56. The number of nitrogens with zero attached hydrogens (tertiary/aromatic N) is 2. The molecule has 1 N–H and O–H groups in total. The maximum Gasteiger partial charge on any atom is 0.0948 e. The number of aromatic nitrogens is 2. The van der Waals surface area contributed by atoms with Crippen molar-refractivity contribution in [2.75, 3.05) is 6.54 Å². The molecule has 0 bridgehead atoms. The summed E-state index contributed by atoms with van der Waals surface area (Å²) in [6.07, 6.45) is 5.01. The van der Waals surface area contributed by atoms with Gasteiger partial charge in [-0.25, -0.2) is 4.98 Å². The first-order valence-electron chi connectivity index (χ1n) is 7.39. The fraction of sp³-hybridized carbons (Fsp3) is 0.471. The predicted octanol–water partition coefficient (Wildman–Crippen LogP) is 3.36. The van der Waals surface area contributed by atoms with Crippen molar-refractivity contribution in [3.05, 3.63) is 54.1 Å². The van der Waals surface area contributed by atoms with Crippen molar-refractivity contribution in [3.8, 4) is 0 Å². The monoisotopic (exact) mass is 271 g/mol. The summed E-state index contributed by atoms with van der Waals surface area (Å²) < 4.78 is 2.22. The summed E-state index contributed by atoms with van der Waals surface area (Å²) in [4.78, 5) is 4.24. The molecule has 0 aliphatic carbocycles. The second-order valence-electron chi connectivity index (χ2n) is 5.93. The van der Waals surface area contributed by atoms with E-state index in [4.69, 9.17) is 0 Å². The van der Waals surface area contributed by atoms with Gasteiger partial charge in [-0.1, -0.05) is 51.1 Å². The molecule has 0 atom stereocenters. The van der Waals surface area contributed by atoms with Gasteiger partial charge >= 0.3 is 0 Å². The molecule has 20 heavy (non-hydrogen) atoms. The van der Waals surface area contributed by atoms with E-state index in [1.807, 2.05) is 12.5 Å². The first-order chi connectivity index (χ1) is 9.63. The van der Waals surface area contributed by atoms with Gasteiger partial charge < -0.3 is 9.88 Å². The van der Waals surface area contributed by atoms with Gasteiger partial charge in [0.05, 0.1) is 12.0 Å². The minimum Gasteiger partial charge on any atom is -0.333 e. The van der Waals surface area contributed by atoms with Gasteiger partial charge in [0.2, 0.25) is 0 Å². The fourth-order valence-electron chi connectivity index (χ4n) is 2.43. The molecule has 0 radical (unpaired) electrons. The van der Waals surface area contributed by atoms with Gasteiger partial charge in [-0.2, -0.15) is 0 Å². The Labute approximate surface area is 122 Å². The predicted molar refractivity (Wildman–Crippen MR) is 83.7 cm³/mol. The lowest BCUT2D eigenvalue weighted by molar-refractivity contribution is 0.461. The van der Waals surface area contributed by atoms with Crippen LogP contribution in [0, 0.1) is 0 Å². The lowest BCUT2D eigenvalue weighted by Gasteiger charge is -2.26. The van der Waals surface area contributed by atoms with E-state index in [9.17, 15) is 0 Å². The second kappa shape index (κ2) is 6.71. The number of benzene rings is 1. The molecular weight excluding hydrogens is 246 g/mol. The average molecular weight is 271 g/mol. The smallest absolute Gasteiger partial charge is 0.0948 e. The fourth-order valence-corrected chi connectivity index (χ4v) is 2.43. The molecule has 108 valence electrons. The molecule has 1 aromatic carbocycles. The van der Waals surface area contributed by atoms with Gasteiger partial charge in [-0.05, 0) is 12.0 Å². The van der Waals surface area contributed by atoms with Crippen LogP contribution in [0.5, 0.6) is 0 Å². The molecule has 0 fully saturated rings. The first-order valence-corrected chi connectivity index (χ1v) is 7.39. The minimum absolute atomic E-state index is 0.136. The Morgan fingerprint density at radius 3 is 2.65 bits per heavy atom. The number of nitrogens with one attached hydrogen (secondary N) is 1. The Morgan fingerprint density at radius 2 is 1.95 bits per heavy atom. The number of rotatable bonds is 7. The van der Waals surface area contributed by atoms with Gasteiger partial charge in [0.1, 0.15) is 0 Å². The van der Waals surface area contributed by atoms with E-state index < -0.39 is 0 Å².